The zero-order valence-electron chi connectivity index (χ0n) is 17.8. The molecule has 2 rings (SSSR count). The fourth-order valence-corrected chi connectivity index (χ4v) is 4.68. The lowest BCUT2D eigenvalue weighted by Gasteiger charge is -2.51. The molecule has 4 nitrogen and oxygen atoms in total. The van der Waals surface area contributed by atoms with E-state index in [0.717, 1.165) is 34.9 Å². The number of hydrogen-bond donors (Lipinski definition) is 2. The summed E-state index contributed by atoms with van der Waals surface area (Å²) in [5.41, 5.74) is -1.62. The minimum atomic E-state index is -0.812. The average Bonchev–Trinajstić information content (AvgIpc) is 2.41. The number of halogens is 2. The van der Waals surface area contributed by atoms with Crippen LogP contribution in [0, 0.1) is 11.8 Å². The van der Waals surface area contributed by atoms with E-state index in [2.05, 4.69) is 55.9 Å². The molecule has 0 radical (unpaired) electrons. The van der Waals surface area contributed by atoms with Gasteiger partial charge in [-0.05, 0) is 13.8 Å². The molecule has 2 N–H and O–H groups in total. The summed E-state index contributed by atoms with van der Waals surface area (Å²) < 4.78 is 1.89. The van der Waals surface area contributed by atoms with E-state index in [9.17, 15) is 10.2 Å². The highest BCUT2D eigenvalue weighted by Crippen LogP contribution is 2.39. The molecule has 0 bridgehead atoms. The Kier molecular flexibility index (Phi) is 9.17. The van der Waals surface area contributed by atoms with Crippen molar-refractivity contribution in [3.8, 4) is 0 Å². The van der Waals surface area contributed by atoms with Crippen molar-refractivity contribution in [1.82, 2.24) is 0 Å². The van der Waals surface area contributed by atoms with Crippen molar-refractivity contribution in [2.24, 2.45) is 11.8 Å². The average molecular weight is 594 g/mol. The molecule has 0 aromatic carbocycles. The summed E-state index contributed by atoms with van der Waals surface area (Å²) in [5.74, 6) is 0.374. The van der Waals surface area contributed by atoms with Crippen LogP contribution in [0.25, 0.3) is 0 Å². The van der Waals surface area contributed by atoms with Crippen LogP contribution < -0.4 is 48.0 Å². The van der Waals surface area contributed by atoms with Gasteiger partial charge in [-0.15, -0.1) is 0 Å². The topological polar surface area (TPSA) is 40.5 Å². The Hall–Kier alpha value is 1.04. The maximum absolute atomic E-state index is 11.2. The number of piperidine rings is 2. The molecular formula is C20H40I2N2O2. The van der Waals surface area contributed by atoms with E-state index in [1.165, 1.54) is 0 Å². The Labute approximate surface area is 195 Å². The van der Waals surface area contributed by atoms with E-state index in [1.54, 1.807) is 0 Å². The second kappa shape index (κ2) is 8.81. The van der Waals surface area contributed by atoms with Crippen molar-refractivity contribution in [2.45, 2.75) is 63.8 Å². The molecule has 156 valence electrons. The number of hydrogen-bond acceptors (Lipinski definition) is 2. The molecule has 2 aliphatic rings. The molecule has 2 saturated heterocycles. The standard InChI is InChI=1S/C20H40N2O2.2HI/c1-15-13-21(5,6)17(3)11-19(15,23)9-10-20(24)12-18(4)22(7,8)14-16(20)2;;/h9-10,15-18,23-24H,11-14H2,1-8H3;2*1H/q+2;;/p-2. The van der Waals surface area contributed by atoms with Gasteiger partial charge in [0.05, 0.1) is 64.6 Å². The molecule has 0 aliphatic carbocycles. The summed E-state index contributed by atoms with van der Waals surface area (Å²) in [7, 11) is 8.96. The second-order valence-electron chi connectivity index (χ2n) is 10.1. The minimum absolute atomic E-state index is 0. The van der Waals surface area contributed by atoms with Crippen LogP contribution in [0.1, 0.15) is 40.5 Å². The van der Waals surface area contributed by atoms with E-state index in [1.807, 2.05) is 12.2 Å². The van der Waals surface area contributed by atoms with Gasteiger partial charge >= 0.3 is 0 Å². The van der Waals surface area contributed by atoms with E-state index < -0.39 is 11.2 Å². The van der Waals surface area contributed by atoms with Gasteiger partial charge in [0.15, 0.2) is 0 Å². The summed E-state index contributed by atoms with van der Waals surface area (Å²) in [6.07, 6.45) is 5.36. The van der Waals surface area contributed by atoms with Crippen molar-refractivity contribution in [3.63, 3.8) is 0 Å². The third kappa shape index (κ3) is 5.34. The van der Waals surface area contributed by atoms with Crippen LogP contribution in [-0.4, -0.2) is 83.7 Å². The molecular weight excluding hydrogens is 554 g/mol. The smallest absolute Gasteiger partial charge is 0.0963 e. The summed E-state index contributed by atoms with van der Waals surface area (Å²) in [6.45, 7) is 10.6. The number of rotatable bonds is 2. The molecule has 0 aromatic rings. The summed E-state index contributed by atoms with van der Waals surface area (Å²) in [5, 5.41) is 22.5. The van der Waals surface area contributed by atoms with Crippen LogP contribution in [0.15, 0.2) is 12.2 Å². The third-order valence-electron chi connectivity index (χ3n) is 7.49. The van der Waals surface area contributed by atoms with E-state index in [0.29, 0.717) is 12.1 Å². The molecule has 0 aromatic heterocycles. The Morgan fingerprint density at radius 1 is 0.692 bits per heavy atom. The SMILES string of the molecule is CC1C[N+](C)(C)C(C)CC1(O)C=CC1(O)CC(C)[N+](C)(C)CC1C.[I-].[I-]. The van der Waals surface area contributed by atoms with Crippen LogP contribution in [0.2, 0.25) is 0 Å². The number of quaternary nitrogens is 2. The molecule has 2 aliphatic heterocycles. The molecule has 0 amide bonds. The minimum Gasteiger partial charge on any atom is -1.00 e. The zero-order valence-corrected chi connectivity index (χ0v) is 22.2. The molecule has 0 saturated carbocycles. The second-order valence-corrected chi connectivity index (χ2v) is 10.1. The maximum atomic E-state index is 11.2. The maximum Gasteiger partial charge on any atom is 0.0963 e. The fourth-order valence-electron chi connectivity index (χ4n) is 4.68. The lowest BCUT2D eigenvalue weighted by molar-refractivity contribution is -0.924. The van der Waals surface area contributed by atoms with Gasteiger partial charge in [-0.1, -0.05) is 26.0 Å². The lowest BCUT2D eigenvalue weighted by Crippen LogP contribution is -3.00. The highest BCUT2D eigenvalue weighted by Gasteiger charge is 2.49. The van der Waals surface area contributed by atoms with Crippen LogP contribution >= 0.6 is 0 Å². The van der Waals surface area contributed by atoms with Gasteiger partial charge in [-0.2, -0.15) is 0 Å². The van der Waals surface area contributed by atoms with Crippen LogP contribution in [0.3, 0.4) is 0 Å². The molecule has 2 fully saturated rings. The largest absolute Gasteiger partial charge is 1.00 e. The summed E-state index contributed by atoms with van der Waals surface area (Å²) >= 11 is 0. The first-order valence-corrected chi connectivity index (χ1v) is 9.52. The normalized spacial score (nSPS) is 44.8. The Bertz CT molecular complexity index is 468. The van der Waals surface area contributed by atoms with E-state index in [-0.39, 0.29) is 59.8 Å². The summed E-state index contributed by atoms with van der Waals surface area (Å²) in [6, 6.07) is 0.813. The number of likely N-dealkylation sites (tertiary alicyclic amines) is 2. The number of aliphatic hydroxyl groups is 2. The van der Waals surface area contributed by atoms with Crippen LogP contribution in [0.4, 0.5) is 0 Å². The van der Waals surface area contributed by atoms with Gasteiger partial charge in [-0.25, -0.2) is 0 Å². The Morgan fingerprint density at radius 2 is 0.962 bits per heavy atom. The molecule has 2 heterocycles. The first-order chi connectivity index (χ1) is 10.7. The summed E-state index contributed by atoms with van der Waals surface area (Å²) in [4.78, 5) is 0. The first-order valence-electron chi connectivity index (χ1n) is 9.52. The van der Waals surface area contributed by atoms with Gasteiger partial charge in [0, 0.05) is 24.7 Å². The molecule has 0 spiro atoms. The first kappa shape index (κ1) is 27.0. The van der Waals surface area contributed by atoms with Gasteiger partial charge in [0.1, 0.15) is 0 Å². The highest BCUT2D eigenvalue weighted by atomic mass is 127. The quantitative estimate of drug-likeness (QED) is 0.195. The number of nitrogens with zero attached hydrogens (tertiary/aromatic N) is 2. The van der Waals surface area contributed by atoms with Crippen molar-refractivity contribution in [1.29, 1.82) is 0 Å². The zero-order chi connectivity index (χ0) is 18.6. The van der Waals surface area contributed by atoms with Crippen molar-refractivity contribution >= 4 is 0 Å². The monoisotopic (exact) mass is 594 g/mol. The van der Waals surface area contributed by atoms with Gasteiger partial charge in [0.2, 0.25) is 0 Å². The molecule has 6 unspecified atom stereocenters. The van der Waals surface area contributed by atoms with Gasteiger partial charge in [0.25, 0.3) is 0 Å². The van der Waals surface area contributed by atoms with Gasteiger partial charge in [-0.3, -0.25) is 0 Å². The van der Waals surface area contributed by atoms with Crippen molar-refractivity contribution in [2.75, 3.05) is 41.3 Å². The third-order valence-corrected chi connectivity index (χ3v) is 7.49. The fraction of sp³-hybridized carbons (Fsp3) is 0.900. The Morgan fingerprint density at radius 3 is 1.23 bits per heavy atom. The predicted octanol–water partition coefficient (Wildman–Crippen LogP) is -3.98. The van der Waals surface area contributed by atoms with Gasteiger partial charge < -0.3 is 67.1 Å². The van der Waals surface area contributed by atoms with Crippen LogP contribution in [-0.2, 0) is 0 Å². The predicted molar refractivity (Wildman–Crippen MR) is 99.5 cm³/mol. The molecule has 26 heavy (non-hydrogen) atoms. The van der Waals surface area contributed by atoms with E-state index in [4.69, 9.17) is 0 Å². The van der Waals surface area contributed by atoms with E-state index >= 15 is 0 Å². The highest BCUT2D eigenvalue weighted by molar-refractivity contribution is 5.14. The van der Waals surface area contributed by atoms with Crippen LogP contribution in [0.5, 0.6) is 0 Å². The van der Waals surface area contributed by atoms with Crippen molar-refractivity contribution in [3.05, 3.63) is 12.2 Å². The van der Waals surface area contributed by atoms with Crippen molar-refractivity contribution < 1.29 is 67.1 Å². The lowest BCUT2D eigenvalue weighted by atomic mass is 9.74. The molecule has 6 atom stereocenters. The Balaban J connectivity index is 0.00000312. The molecule has 6 heteroatoms.